The number of rotatable bonds is 6. The van der Waals surface area contributed by atoms with E-state index in [9.17, 15) is 18.5 Å². The molecular weight excluding hydrogens is 392 g/mol. The van der Waals surface area contributed by atoms with Gasteiger partial charge in [0.2, 0.25) is 5.76 Å². The van der Waals surface area contributed by atoms with Crippen molar-refractivity contribution in [3.8, 4) is 0 Å². The minimum absolute atomic E-state index is 0.0880. The second-order valence-corrected chi connectivity index (χ2v) is 8.41. The number of aromatic nitrogens is 1. The highest BCUT2D eigenvalue weighted by Gasteiger charge is 2.35. The fourth-order valence-corrected chi connectivity index (χ4v) is 4.95. The van der Waals surface area contributed by atoms with E-state index < -0.39 is 20.0 Å². The van der Waals surface area contributed by atoms with Gasteiger partial charge in [0.25, 0.3) is 0 Å². The van der Waals surface area contributed by atoms with Crippen LogP contribution >= 0.6 is 11.6 Å². The number of sulfone groups is 1. The maximum Gasteiger partial charge on any atom is 0.334 e. The topological polar surface area (TPSA) is 103 Å². The van der Waals surface area contributed by atoms with Crippen molar-refractivity contribution < 1.29 is 17.9 Å². The van der Waals surface area contributed by atoms with Crippen LogP contribution in [0, 0.1) is 17.0 Å². The van der Waals surface area contributed by atoms with E-state index in [1.54, 1.807) is 42.5 Å². The highest BCUT2D eigenvalue weighted by atomic mass is 35.5. The van der Waals surface area contributed by atoms with Crippen molar-refractivity contribution in [2.75, 3.05) is 0 Å². The maximum atomic E-state index is 13.3. The lowest BCUT2D eigenvalue weighted by Crippen LogP contribution is -2.17. The lowest BCUT2D eigenvalue weighted by Gasteiger charge is -2.18. The summed E-state index contributed by atoms with van der Waals surface area (Å²) in [6, 6.07) is 14.4. The van der Waals surface area contributed by atoms with E-state index in [0.29, 0.717) is 5.56 Å². The molecule has 27 heavy (non-hydrogen) atoms. The summed E-state index contributed by atoms with van der Waals surface area (Å²) in [5, 5.41) is 14.0. The van der Waals surface area contributed by atoms with Crippen molar-refractivity contribution >= 4 is 27.1 Å². The zero-order valence-corrected chi connectivity index (χ0v) is 15.8. The second-order valence-electron chi connectivity index (χ2n) is 5.87. The Balaban J connectivity index is 2.15. The van der Waals surface area contributed by atoms with Crippen LogP contribution in [0.25, 0.3) is 0 Å². The normalized spacial score (nSPS) is 12.7. The van der Waals surface area contributed by atoms with Crippen LogP contribution in [-0.2, 0) is 16.3 Å². The lowest BCUT2D eigenvalue weighted by molar-refractivity contribution is -0.386. The Hall–Kier alpha value is -2.71. The third-order valence-electron chi connectivity index (χ3n) is 4.15. The molecule has 0 aliphatic heterocycles. The zero-order chi connectivity index (χ0) is 19.6. The number of hydrogen-bond donors (Lipinski definition) is 0. The van der Waals surface area contributed by atoms with Crippen molar-refractivity contribution in [3.63, 3.8) is 0 Å². The van der Waals surface area contributed by atoms with Crippen LogP contribution in [0.3, 0.4) is 0 Å². The van der Waals surface area contributed by atoms with E-state index >= 15 is 0 Å². The summed E-state index contributed by atoms with van der Waals surface area (Å²) < 4.78 is 31.7. The van der Waals surface area contributed by atoms with E-state index in [2.05, 4.69) is 5.16 Å². The van der Waals surface area contributed by atoms with Gasteiger partial charge >= 0.3 is 5.69 Å². The number of benzene rings is 2. The first-order valence-corrected chi connectivity index (χ1v) is 9.87. The third kappa shape index (κ3) is 3.72. The molecule has 0 spiro atoms. The summed E-state index contributed by atoms with van der Waals surface area (Å²) in [7, 11) is -3.90. The molecule has 9 heteroatoms. The van der Waals surface area contributed by atoms with Crippen molar-refractivity contribution in [3.05, 3.63) is 86.8 Å². The van der Waals surface area contributed by atoms with Gasteiger partial charge in [0, 0.05) is 11.4 Å². The molecule has 1 heterocycles. The van der Waals surface area contributed by atoms with Crippen LogP contribution in [0.4, 0.5) is 5.69 Å². The van der Waals surface area contributed by atoms with E-state index in [1.807, 2.05) is 0 Å². The summed E-state index contributed by atoms with van der Waals surface area (Å²) in [4.78, 5) is 10.8. The molecule has 3 rings (SSSR count). The lowest BCUT2D eigenvalue weighted by atomic mass is 10.1. The summed E-state index contributed by atoms with van der Waals surface area (Å²) in [6.45, 7) is 1.43. The highest BCUT2D eigenvalue weighted by molar-refractivity contribution is 7.91. The van der Waals surface area contributed by atoms with Crippen LogP contribution < -0.4 is 0 Å². The molecule has 2 aromatic carbocycles. The Labute approximate surface area is 160 Å². The fourth-order valence-electron chi connectivity index (χ4n) is 2.85. The molecule has 140 valence electrons. The maximum absolute atomic E-state index is 13.3. The SMILES string of the molecule is Cc1noc(C[C@@H](c2ccccc2Cl)S(=O)(=O)c2ccccc2)c1[N+](=O)[O-]. The Kier molecular flexibility index (Phi) is 5.29. The van der Waals surface area contributed by atoms with Gasteiger partial charge < -0.3 is 4.52 Å². The highest BCUT2D eigenvalue weighted by Crippen LogP contribution is 2.38. The molecular formula is C18H15ClN2O5S. The smallest absolute Gasteiger partial charge is 0.334 e. The molecule has 1 aromatic heterocycles. The van der Waals surface area contributed by atoms with Gasteiger partial charge in [-0.3, -0.25) is 10.1 Å². The Morgan fingerprint density at radius 3 is 2.41 bits per heavy atom. The molecule has 0 bridgehead atoms. The van der Waals surface area contributed by atoms with Crippen molar-refractivity contribution in [2.45, 2.75) is 23.5 Å². The predicted molar refractivity (Wildman–Crippen MR) is 99.4 cm³/mol. The van der Waals surface area contributed by atoms with E-state index in [-0.39, 0.29) is 33.5 Å². The molecule has 0 saturated heterocycles. The molecule has 3 aromatic rings. The van der Waals surface area contributed by atoms with Crippen molar-refractivity contribution in [1.82, 2.24) is 5.16 Å². The van der Waals surface area contributed by atoms with Crippen molar-refractivity contribution in [2.24, 2.45) is 0 Å². The Morgan fingerprint density at radius 1 is 1.15 bits per heavy atom. The number of nitrogens with zero attached hydrogens (tertiary/aromatic N) is 2. The number of hydrogen-bond acceptors (Lipinski definition) is 6. The minimum atomic E-state index is -3.90. The first-order chi connectivity index (χ1) is 12.8. The molecule has 0 fully saturated rings. The van der Waals surface area contributed by atoms with E-state index in [0.717, 1.165) is 0 Å². The quantitative estimate of drug-likeness (QED) is 0.446. The van der Waals surface area contributed by atoms with Gasteiger partial charge in [0.15, 0.2) is 15.5 Å². The first-order valence-electron chi connectivity index (χ1n) is 7.95. The molecule has 0 N–H and O–H groups in total. The van der Waals surface area contributed by atoms with Crippen LogP contribution in [0.2, 0.25) is 5.02 Å². The average molecular weight is 407 g/mol. The molecule has 0 aliphatic carbocycles. The van der Waals surface area contributed by atoms with Gasteiger partial charge in [-0.25, -0.2) is 8.42 Å². The number of nitro groups is 1. The molecule has 0 amide bonds. The number of halogens is 1. The zero-order valence-electron chi connectivity index (χ0n) is 14.2. The Bertz CT molecular complexity index is 1080. The van der Waals surface area contributed by atoms with E-state index in [4.69, 9.17) is 16.1 Å². The van der Waals surface area contributed by atoms with Gasteiger partial charge in [-0.1, -0.05) is 53.2 Å². The Morgan fingerprint density at radius 2 is 1.78 bits per heavy atom. The van der Waals surface area contributed by atoms with E-state index in [1.165, 1.54) is 19.1 Å². The predicted octanol–water partition coefficient (Wildman–Crippen LogP) is 4.30. The largest absolute Gasteiger partial charge is 0.354 e. The summed E-state index contributed by atoms with van der Waals surface area (Å²) >= 11 is 6.24. The molecule has 0 unspecified atom stereocenters. The molecule has 0 saturated carbocycles. The molecule has 0 radical (unpaired) electrons. The van der Waals surface area contributed by atoms with Crippen LogP contribution in [-0.4, -0.2) is 18.5 Å². The molecule has 7 nitrogen and oxygen atoms in total. The number of aryl methyl sites for hydroxylation is 1. The fraction of sp³-hybridized carbons (Fsp3) is 0.167. The summed E-state index contributed by atoms with van der Waals surface area (Å²) in [5.41, 5.74) is 0.103. The molecule has 0 aliphatic rings. The van der Waals surface area contributed by atoms with Gasteiger partial charge in [0.05, 0.1) is 15.1 Å². The van der Waals surface area contributed by atoms with Gasteiger partial charge in [-0.2, -0.15) is 0 Å². The van der Waals surface area contributed by atoms with Crippen molar-refractivity contribution in [1.29, 1.82) is 0 Å². The second kappa shape index (κ2) is 7.50. The average Bonchev–Trinajstić information content (AvgIpc) is 3.01. The minimum Gasteiger partial charge on any atom is -0.354 e. The van der Waals surface area contributed by atoms with Gasteiger partial charge in [-0.05, 0) is 30.7 Å². The summed E-state index contributed by atoms with van der Waals surface area (Å²) in [6.07, 6.45) is -0.266. The van der Waals surface area contributed by atoms with Crippen LogP contribution in [0.1, 0.15) is 22.3 Å². The molecule has 1 atom stereocenters. The van der Waals surface area contributed by atoms with Gasteiger partial charge in [-0.15, -0.1) is 0 Å². The first kappa shape index (κ1) is 19.1. The monoisotopic (exact) mass is 406 g/mol. The third-order valence-corrected chi connectivity index (χ3v) is 6.59. The summed E-state index contributed by atoms with van der Waals surface area (Å²) in [5.74, 6) is -0.109. The van der Waals surface area contributed by atoms with Gasteiger partial charge in [0.1, 0.15) is 0 Å². The van der Waals surface area contributed by atoms with Crippen LogP contribution in [0.5, 0.6) is 0 Å². The standard InChI is InChI=1S/C18H15ClN2O5S/c1-12-18(21(22)23)16(26-20-12)11-17(14-9-5-6-10-15(14)19)27(24,25)13-7-3-2-4-8-13/h2-10,17H,11H2,1H3/t17-/m0/s1. The van der Waals surface area contributed by atoms with Crippen LogP contribution in [0.15, 0.2) is 64.0 Å².